The molecule has 120 valence electrons. The number of fused-ring (bicyclic) bond motifs is 1. The van der Waals surface area contributed by atoms with Crippen LogP contribution in [0.5, 0.6) is 0 Å². The van der Waals surface area contributed by atoms with Crippen molar-refractivity contribution in [3.63, 3.8) is 0 Å². The van der Waals surface area contributed by atoms with Crippen LogP contribution in [0.15, 0.2) is 16.8 Å². The Morgan fingerprint density at radius 3 is 3.09 bits per heavy atom. The number of hydrogen-bond donors (Lipinski definition) is 1. The quantitative estimate of drug-likeness (QED) is 0.905. The normalized spacial score (nSPS) is 31.9. The molecule has 0 unspecified atom stereocenters. The predicted molar refractivity (Wildman–Crippen MR) is 86.7 cm³/mol. The molecule has 1 saturated carbocycles. The molecule has 1 amide bonds. The molecule has 0 radical (unpaired) electrons. The van der Waals surface area contributed by atoms with Crippen molar-refractivity contribution in [2.45, 2.75) is 44.4 Å². The first-order valence-corrected chi connectivity index (χ1v) is 9.36. The first kappa shape index (κ1) is 14.7. The lowest BCUT2D eigenvalue weighted by atomic mass is 9.83. The number of hydrogen-bond acceptors (Lipinski definition) is 4. The molecular formula is C17H24N2O2S. The highest BCUT2D eigenvalue weighted by Gasteiger charge is 2.41. The van der Waals surface area contributed by atoms with Crippen molar-refractivity contribution in [1.82, 2.24) is 10.2 Å². The molecule has 2 aliphatic heterocycles. The fourth-order valence-corrected chi connectivity index (χ4v) is 4.51. The van der Waals surface area contributed by atoms with Crippen LogP contribution in [-0.4, -0.2) is 42.6 Å². The van der Waals surface area contributed by atoms with E-state index in [-0.39, 0.29) is 12.0 Å². The Morgan fingerprint density at radius 1 is 1.41 bits per heavy atom. The Labute approximate surface area is 135 Å². The minimum Gasteiger partial charge on any atom is -0.377 e. The van der Waals surface area contributed by atoms with Crippen molar-refractivity contribution in [1.29, 1.82) is 0 Å². The minimum atomic E-state index is 0.145. The molecule has 0 spiro atoms. The van der Waals surface area contributed by atoms with Crippen LogP contribution >= 0.6 is 11.3 Å². The SMILES string of the molecule is O=C(C[C@@H]1OC[C@H]2CN(Cc3ccsc3)CC[C@H]21)NC1CC1. The van der Waals surface area contributed by atoms with Crippen molar-refractivity contribution in [3.8, 4) is 0 Å². The summed E-state index contributed by atoms with van der Waals surface area (Å²) >= 11 is 1.77. The number of nitrogens with zero attached hydrogens (tertiary/aromatic N) is 1. The average Bonchev–Trinajstić information content (AvgIpc) is 3.01. The molecule has 3 heterocycles. The zero-order chi connectivity index (χ0) is 14.9. The molecule has 1 N–H and O–H groups in total. The number of carbonyl (C=O) groups is 1. The van der Waals surface area contributed by atoms with E-state index in [1.807, 2.05) is 0 Å². The molecule has 22 heavy (non-hydrogen) atoms. The van der Waals surface area contributed by atoms with Crippen molar-refractivity contribution < 1.29 is 9.53 Å². The smallest absolute Gasteiger partial charge is 0.222 e. The van der Waals surface area contributed by atoms with E-state index in [4.69, 9.17) is 4.74 Å². The second-order valence-corrected chi connectivity index (χ2v) is 7.78. The second-order valence-electron chi connectivity index (χ2n) is 7.00. The van der Waals surface area contributed by atoms with Gasteiger partial charge in [-0.05, 0) is 54.1 Å². The third-order valence-electron chi connectivity index (χ3n) is 5.19. The number of rotatable bonds is 5. The van der Waals surface area contributed by atoms with Crippen LogP contribution in [0.4, 0.5) is 0 Å². The fraction of sp³-hybridized carbons (Fsp3) is 0.706. The number of nitrogens with one attached hydrogen (secondary N) is 1. The first-order valence-electron chi connectivity index (χ1n) is 8.42. The van der Waals surface area contributed by atoms with E-state index >= 15 is 0 Å². The number of piperidine rings is 1. The maximum Gasteiger partial charge on any atom is 0.222 e. The van der Waals surface area contributed by atoms with Gasteiger partial charge < -0.3 is 10.1 Å². The van der Waals surface area contributed by atoms with Gasteiger partial charge in [-0.15, -0.1) is 0 Å². The van der Waals surface area contributed by atoms with Gasteiger partial charge in [0, 0.05) is 25.0 Å². The maximum atomic E-state index is 12.0. The van der Waals surface area contributed by atoms with Gasteiger partial charge in [0.25, 0.3) is 0 Å². The van der Waals surface area contributed by atoms with Gasteiger partial charge in [0.15, 0.2) is 0 Å². The Hall–Kier alpha value is -0.910. The van der Waals surface area contributed by atoms with Gasteiger partial charge in [0.1, 0.15) is 0 Å². The van der Waals surface area contributed by atoms with E-state index in [1.54, 1.807) is 11.3 Å². The van der Waals surface area contributed by atoms with Crippen LogP contribution in [0.3, 0.4) is 0 Å². The van der Waals surface area contributed by atoms with Gasteiger partial charge in [-0.2, -0.15) is 11.3 Å². The molecule has 3 aliphatic rings. The summed E-state index contributed by atoms with van der Waals surface area (Å²) in [7, 11) is 0. The zero-order valence-corrected chi connectivity index (χ0v) is 13.7. The Balaban J connectivity index is 1.28. The monoisotopic (exact) mass is 320 g/mol. The van der Waals surface area contributed by atoms with Crippen LogP contribution < -0.4 is 5.32 Å². The van der Waals surface area contributed by atoms with Gasteiger partial charge in [0.05, 0.1) is 19.1 Å². The van der Waals surface area contributed by atoms with Gasteiger partial charge in [0.2, 0.25) is 5.91 Å². The number of carbonyl (C=O) groups excluding carboxylic acids is 1. The van der Waals surface area contributed by atoms with Crippen molar-refractivity contribution >= 4 is 17.2 Å². The van der Waals surface area contributed by atoms with E-state index in [1.165, 1.54) is 5.56 Å². The molecule has 4 nitrogen and oxygen atoms in total. The summed E-state index contributed by atoms with van der Waals surface area (Å²) in [6.07, 6.45) is 4.17. The van der Waals surface area contributed by atoms with E-state index in [9.17, 15) is 4.79 Å². The number of thiophene rings is 1. The molecule has 3 fully saturated rings. The van der Waals surface area contributed by atoms with E-state index in [0.29, 0.717) is 24.3 Å². The lowest BCUT2D eigenvalue weighted by molar-refractivity contribution is -0.123. The lowest BCUT2D eigenvalue weighted by Crippen LogP contribution is -2.42. The number of amides is 1. The van der Waals surface area contributed by atoms with Crippen LogP contribution in [0.2, 0.25) is 0 Å². The Bertz CT molecular complexity index is 515. The molecule has 2 saturated heterocycles. The predicted octanol–water partition coefficient (Wildman–Crippen LogP) is 2.25. The molecule has 0 bridgehead atoms. The standard InChI is InChI=1S/C17H24N2O2S/c20-17(18-14-1-2-14)7-16-15-3-5-19(9-13(15)10-21-16)8-12-4-6-22-11-12/h4,6,11,13-16H,1-3,5,7-10H2,(H,18,20)/t13-,15-,16+/m1/s1. The van der Waals surface area contributed by atoms with E-state index < -0.39 is 0 Å². The topological polar surface area (TPSA) is 41.6 Å². The molecule has 3 atom stereocenters. The molecule has 4 rings (SSSR count). The summed E-state index contributed by atoms with van der Waals surface area (Å²) in [4.78, 5) is 14.5. The molecule has 1 aromatic rings. The van der Waals surface area contributed by atoms with Gasteiger partial charge in [-0.3, -0.25) is 9.69 Å². The van der Waals surface area contributed by atoms with Crippen LogP contribution in [0.25, 0.3) is 0 Å². The van der Waals surface area contributed by atoms with Crippen LogP contribution in [0.1, 0.15) is 31.2 Å². The van der Waals surface area contributed by atoms with Gasteiger partial charge in [-0.1, -0.05) is 0 Å². The number of likely N-dealkylation sites (tertiary alicyclic amines) is 1. The summed E-state index contributed by atoms with van der Waals surface area (Å²) in [6.45, 7) is 4.12. The molecule has 1 aliphatic carbocycles. The highest BCUT2D eigenvalue weighted by Crippen LogP contribution is 2.36. The molecule has 5 heteroatoms. The highest BCUT2D eigenvalue weighted by molar-refractivity contribution is 7.07. The third kappa shape index (κ3) is 3.36. The average molecular weight is 320 g/mol. The Kier molecular flexibility index (Phi) is 4.20. The van der Waals surface area contributed by atoms with Gasteiger partial charge >= 0.3 is 0 Å². The summed E-state index contributed by atoms with van der Waals surface area (Å²) in [6, 6.07) is 2.67. The second kappa shape index (κ2) is 6.30. The fourth-order valence-electron chi connectivity index (χ4n) is 3.85. The minimum absolute atomic E-state index is 0.145. The third-order valence-corrected chi connectivity index (χ3v) is 5.93. The number of ether oxygens (including phenoxy) is 1. The maximum absolute atomic E-state index is 12.0. The zero-order valence-electron chi connectivity index (χ0n) is 12.9. The highest BCUT2D eigenvalue weighted by atomic mass is 32.1. The summed E-state index contributed by atoms with van der Waals surface area (Å²) in [5.74, 6) is 1.36. The Morgan fingerprint density at radius 2 is 2.32 bits per heavy atom. The van der Waals surface area contributed by atoms with Crippen molar-refractivity contribution in [3.05, 3.63) is 22.4 Å². The van der Waals surface area contributed by atoms with Crippen LogP contribution in [0, 0.1) is 11.8 Å². The molecule has 0 aromatic carbocycles. The van der Waals surface area contributed by atoms with E-state index in [0.717, 1.165) is 45.5 Å². The van der Waals surface area contributed by atoms with Crippen molar-refractivity contribution in [2.75, 3.05) is 19.7 Å². The molecular weight excluding hydrogens is 296 g/mol. The summed E-state index contributed by atoms with van der Waals surface area (Å²) < 4.78 is 5.97. The largest absolute Gasteiger partial charge is 0.377 e. The van der Waals surface area contributed by atoms with Crippen molar-refractivity contribution in [2.24, 2.45) is 11.8 Å². The lowest BCUT2D eigenvalue weighted by Gasteiger charge is -2.35. The van der Waals surface area contributed by atoms with Gasteiger partial charge in [-0.25, -0.2) is 0 Å². The van der Waals surface area contributed by atoms with E-state index in [2.05, 4.69) is 27.0 Å². The summed E-state index contributed by atoms with van der Waals surface area (Å²) in [5.41, 5.74) is 1.42. The first-order chi connectivity index (χ1) is 10.8. The molecule has 1 aromatic heterocycles. The summed E-state index contributed by atoms with van der Waals surface area (Å²) in [5, 5.41) is 7.47. The van der Waals surface area contributed by atoms with Crippen LogP contribution in [-0.2, 0) is 16.1 Å².